The summed E-state index contributed by atoms with van der Waals surface area (Å²) >= 11 is 0. The summed E-state index contributed by atoms with van der Waals surface area (Å²) in [4.78, 5) is 0. The van der Waals surface area contributed by atoms with Gasteiger partial charge in [0.2, 0.25) is 0 Å². The highest BCUT2D eigenvalue weighted by molar-refractivity contribution is 5.38. The molecule has 0 amide bonds. The average molecular weight is 261 g/mol. The Morgan fingerprint density at radius 2 is 2.26 bits per heavy atom. The topological polar surface area (TPSA) is 35.2 Å². The van der Waals surface area contributed by atoms with Crippen LogP contribution >= 0.6 is 0 Å². The molecule has 1 aromatic carbocycles. The Bertz CT molecular complexity index is 517. The van der Waals surface area contributed by atoms with Crippen molar-refractivity contribution in [3.05, 3.63) is 29.6 Å². The first-order chi connectivity index (χ1) is 9.12. The summed E-state index contributed by atoms with van der Waals surface area (Å²) in [5.74, 6) is 2.20. The van der Waals surface area contributed by atoms with E-state index in [0.29, 0.717) is 5.92 Å². The first-order valence-electron chi connectivity index (χ1n) is 7.36. The molecule has 4 rings (SSSR count). The number of rotatable bonds is 2. The van der Waals surface area contributed by atoms with Crippen LogP contribution in [0.15, 0.2) is 18.2 Å². The summed E-state index contributed by atoms with van der Waals surface area (Å²) in [5.41, 5.74) is 7.60. The molecule has 1 aromatic rings. The smallest absolute Gasteiger partial charge is 0.123 e. The van der Waals surface area contributed by atoms with Crippen LogP contribution in [0, 0.1) is 17.7 Å². The maximum absolute atomic E-state index is 13.2. The minimum absolute atomic E-state index is 0.0336. The van der Waals surface area contributed by atoms with Gasteiger partial charge in [-0.25, -0.2) is 4.39 Å². The molecule has 2 N–H and O–H groups in total. The Labute approximate surface area is 113 Å². The van der Waals surface area contributed by atoms with Crippen molar-refractivity contribution in [2.45, 2.75) is 50.2 Å². The highest BCUT2D eigenvalue weighted by Crippen LogP contribution is 2.52. The van der Waals surface area contributed by atoms with Gasteiger partial charge in [0, 0.05) is 23.9 Å². The minimum atomic E-state index is -0.176. The molecule has 2 saturated carbocycles. The summed E-state index contributed by atoms with van der Waals surface area (Å²) in [5, 5.41) is 0. The monoisotopic (exact) mass is 261 g/mol. The number of benzene rings is 1. The van der Waals surface area contributed by atoms with Crippen LogP contribution in [-0.4, -0.2) is 11.6 Å². The molecule has 0 spiro atoms. The molecular weight excluding hydrogens is 241 g/mol. The first-order valence-corrected chi connectivity index (χ1v) is 7.36. The van der Waals surface area contributed by atoms with Gasteiger partial charge in [-0.05, 0) is 49.3 Å². The van der Waals surface area contributed by atoms with Crippen LogP contribution in [0.25, 0.3) is 0 Å². The molecule has 2 fully saturated rings. The van der Waals surface area contributed by atoms with Gasteiger partial charge in [-0.1, -0.05) is 6.42 Å². The third-order valence-corrected chi connectivity index (χ3v) is 5.39. The fourth-order valence-electron chi connectivity index (χ4n) is 4.56. The van der Waals surface area contributed by atoms with E-state index < -0.39 is 0 Å². The molecule has 19 heavy (non-hydrogen) atoms. The molecule has 2 nitrogen and oxygen atoms in total. The summed E-state index contributed by atoms with van der Waals surface area (Å²) in [6.45, 7) is 0. The highest BCUT2D eigenvalue weighted by atomic mass is 19.1. The standard InChI is InChI=1S/C16H20FNO/c17-13-3-4-15-11(6-13)7-14(19-15)9-16(18)8-10-1-2-12(16)5-10/h3-4,6,10,12,14H,1-2,5,7-9,18H2. The molecule has 3 heteroatoms. The second-order valence-electron chi connectivity index (χ2n) is 6.71. The lowest BCUT2D eigenvalue weighted by atomic mass is 9.77. The van der Waals surface area contributed by atoms with Crippen molar-refractivity contribution in [1.82, 2.24) is 0 Å². The molecule has 0 saturated heterocycles. The van der Waals surface area contributed by atoms with Crippen LogP contribution in [0.5, 0.6) is 5.75 Å². The van der Waals surface area contributed by atoms with Crippen molar-refractivity contribution >= 4 is 0 Å². The summed E-state index contributed by atoms with van der Waals surface area (Å²) in [6.07, 6.45) is 6.98. The summed E-state index contributed by atoms with van der Waals surface area (Å²) in [6, 6.07) is 4.81. The zero-order chi connectivity index (χ0) is 13.0. The van der Waals surface area contributed by atoms with Gasteiger partial charge < -0.3 is 10.5 Å². The van der Waals surface area contributed by atoms with E-state index in [1.807, 2.05) is 0 Å². The third-order valence-electron chi connectivity index (χ3n) is 5.39. The Kier molecular flexibility index (Phi) is 2.44. The van der Waals surface area contributed by atoms with E-state index in [0.717, 1.165) is 36.5 Å². The van der Waals surface area contributed by atoms with E-state index in [9.17, 15) is 4.39 Å². The van der Waals surface area contributed by atoms with Crippen LogP contribution in [0.4, 0.5) is 4.39 Å². The van der Waals surface area contributed by atoms with Gasteiger partial charge in [-0.15, -0.1) is 0 Å². The van der Waals surface area contributed by atoms with E-state index in [-0.39, 0.29) is 17.5 Å². The highest BCUT2D eigenvalue weighted by Gasteiger charge is 2.49. The molecule has 2 bridgehead atoms. The van der Waals surface area contributed by atoms with Crippen LogP contribution in [0.1, 0.15) is 37.7 Å². The fraction of sp³-hybridized carbons (Fsp3) is 0.625. The van der Waals surface area contributed by atoms with E-state index in [1.54, 1.807) is 12.1 Å². The minimum Gasteiger partial charge on any atom is -0.490 e. The van der Waals surface area contributed by atoms with Crippen molar-refractivity contribution in [3.63, 3.8) is 0 Å². The van der Waals surface area contributed by atoms with Crippen molar-refractivity contribution in [1.29, 1.82) is 0 Å². The van der Waals surface area contributed by atoms with Crippen LogP contribution in [-0.2, 0) is 6.42 Å². The summed E-state index contributed by atoms with van der Waals surface area (Å²) < 4.78 is 19.2. The molecule has 4 unspecified atom stereocenters. The third kappa shape index (κ3) is 1.86. The van der Waals surface area contributed by atoms with Gasteiger partial charge in [-0.3, -0.25) is 0 Å². The Hall–Kier alpha value is -1.09. The lowest BCUT2D eigenvalue weighted by Gasteiger charge is -2.35. The molecule has 4 atom stereocenters. The van der Waals surface area contributed by atoms with Crippen LogP contribution in [0.3, 0.4) is 0 Å². The largest absolute Gasteiger partial charge is 0.490 e. The lowest BCUT2D eigenvalue weighted by Crippen LogP contribution is -2.48. The van der Waals surface area contributed by atoms with E-state index in [4.69, 9.17) is 10.5 Å². The average Bonchev–Trinajstić information content (AvgIpc) is 3.01. The number of fused-ring (bicyclic) bond motifs is 3. The van der Waals surface area contributed by atoms with E-state index in [2.05, 4.69) is 0 Å². The maximum Gasteiger partial charge on any atom is 0.123 e. The van der Waals surface area contributed by atoms with Gasteiger partial charge in [0.15, 0.2) is 0 Å². The molecule has 102 valence electrons. The molecule has 3 aliphatic rings. The zero-order valence-corrected chi connectivity index (χ0v) is 11.1. The predicted molar refractivity (Wildman–Crippen MR) is 71.5 cm³/mol. The maximum atomic E-state index is 13.2. The number of halogens is 1. The molecule has 0 aromatic heterocycles. The van der Waals surface area contributed by atoms with Crippen molar-refractivity contribution in [2.75, 3.05) is 0 Å². The van der Waals surface area contributed by atoms with Gasteiger partial charge in [0.05, 0.1) is 0 Å². The van der Waals surface area contributed by atoms with Gasteiger partial charge >= 0.3 is 0 Å². The SMILES string of the molecule is NC1(CC2Cc3cc(F)ccc3O2)CC2CCC1C2. The predicted octanol–water partition coefficient (Wildman–Crippen LogP) is 3.04. The van der Waals surface area contributed by atoms with Crippen molar-refractivity contribution < 1.29 is 9.13 Å². The summed E-state index contributed by atoms with van der Waals surface area (Å²) in [7, 11) is 0. The molecule has 0 radical (unpaired) electrons. The van der Waals surface area contributed by atoms with Crippen LogP contribution < -0.4 is 10.5 Å². The number of hydrogen-bond acceptors (Lipinski definition) is 2. The second kappa shape index (κ2) is 3.95. The molecular formula is C16H20FNO. The van der Waals surface area contributed by atoms with E-state index in [1.165, 1.54) is 25.3 Å². The van der Waals surface area contributed by atoms with Crippen molar-refractivity contribution in [3.8, 4) is 5.75 Å². The second-order valence-corrected chi connectivity index (χ2v) is 6.71. The van der Waals surface area contributed by atoms with Gasteiger partial charge in [0.25, 0.3) is 0 Å². The number of hydrogen-bond donors (Lipinski definition) is 1. The molecule has 1 heterocycles. The Balaban J connectivity index is 1.49. The Morgan fingerprint density at radius 1 is 1.37 bits per heavy atom. The van der Waals surface area contributed by atoms with Gasteiger partial charge in [-0.2, -0.15) is 0 Å². The normalized spacial score (nSPS) is 39.4. The number of nitrogens with two attached hydrogens (primary N) is 1. The first kappa shape index (κ1) is 11.7. The van der Waals surface area contributed by atoms with E-state index >= 15 is 0 Å². The molecule has 2 aliphatic carbocycles. The quantitative estimate of drug-likeness (QED) is 0.888. The Morgan fingerprint density at radius 3 is 3.00 bits per heavy atom. The fourth-order valence-corrected chi connectivity index (χ4v) is 4.56. The lowest BCUT2D eigenvalue weighted by molar-refractivity contribution is 0.144. The van der Waals surface area contributed by atoms with Crippen LogP contribution in [0.2, 0.25) is 0 Å². The zero-order valence-electron chi connectivity index (χ0n) is 11.1. The van der Waals surface area contributed by atoms with Gasteiger partial charge in [0.1, 0.15) is 17.7 Å². The number of ether oxygens (including phenoxy) is 1. The van der Waals surface area contributed by atoms with Crippen molar-refractivity contribution in [2.24, 2.45) is 17.6 Å². The molecule has 1 aliphatic heterocycles.